The molecule has 1 aromatic heterocycles. The smallest absolute Gasteiger partial charge is 0.251 e. The number of benzene rings is 3. The predicted molar refractivity (Wildman–Crippen MR) is 302 cm³/mol. The van der Waals surface area contributed by atoms with Crippen LogP contribution in [-0.2, 0) is 46.5 Å². The van der Waals surface area contributed by atoms with E-state index in [0.29, 0.717) is 125 Å². The quantitative estimate of drug-likeness (QED) is 0.0105. The number of aryl methyl sites for hydroxylation is 1. The number of unbranched alkanes of at least 4 members (excludes halogenated alkanes) is 5. The molecule has 2 heterocycles. The number of ether oxygens (including phenoxy) is 4. The zero-order valence-electron chi connectivity index (χ0n) is 45.0. The molecule has 0 radical (unpaired) electrons. The number of anilines is 2. The fraction of sp³-hybridized carbons (Fsp3) is 0.474. The van der Waals surface area contributed by atoms with E-state index in [9.17, 15) is 28.4 Å². The Morgan fingerprint density at radius 2 is 1.53 bits per heavy atom. The summed E-state index contributed by atoms with van der Waals surface area (Å²) >= 11 is 0. The Morgan fingerprint density at radius 1 is 0.859 bits per heavy atom. The molecule has 78 heavy (non-hydrogen) atoms. The van der Waals surface area contributed by atoms with Gasteiger partial charge in [-0.2, -0.15) is 0 Å². The Kier molecular flexibility index (Phi) is 29.0. The first-order valence-electron chi connectivity index (χ1n) is 26.6. The van der Waals surface area contributed by atoms with Gasteiger partial charge in [-0.3, -0.25) is 29.6 Å². The normalized spacial score (nSPS) is 13.3. The maximum absolute atomic E-state index is 14.9. The van der Waals surface area contributed by atoms with Crippen molar-refractivity contribution in [3.8, 4) is 5.75 Å². The summed E-state index contributed by atoms with van der Waals surface area (Å²) in [7, 11) is 1.48. The van der Waals surface area contributed by atoms with E-state index in [2.05, 4.69) is 36.6 Å². The molecule has 19 nitrogen and oxygen atoms in total. The summed E-state index contributed by atoms with van der Waals surface area (Å²) in [5.74, 6) is -0.473. The van der Waals surface area contributed by atoms with E-state index in [1.54, 1.807) is 60.9 Å². The average molecular weight is 1100 g/mol. The topological polar surface area (TPSA) is 261 Å². The van der Waals surface area contributed by atoms with Crippen molar-refractivity contribution in [2.45, 2.75) is 109 Å². The van der Waals surface area contributed by atoms with Gasteiger partial charge in [0, 0.05) is 86.7 Å². The highest BCUT2D eigenvalue weighted by Crippen LogP contribution is 2.27. The van der Waals surface area contributed by atoms with Crippen LogP contribution >= 0.6 is 12.4 Å². The Labute approximate surface area is 463 Å². The molecule has 4 aromatic rings. The van der Waals surface area contributed by atoms with Gasteiger partial charge < -0.3 is 61.0 Å². The first kappa shape index (κ1) is 63.7. The lowest BCUT2D eigenvalue weighted by atomic mass is 9.86. The van der Waals surface area contributed by atoms with E-state index in [0.717, 1.165) is 55.9 Å². The maximum atomic E-state index is 14.9. The summed E-state index contributed by atoms with van der Waals surface area (Å²) in [5.41, 5.74) is 9.99. The zero-order valence-corrected chi connectivity index (χ0v) is 45.8. The van der Waals surface area contributed by atoms with Crippen molar-refractivity contribution in [2.75, 3.05) is 77.0 Å². The Bertz CT molecular complexity index is 2540. The van der Waals surface area contributed by atoms with Gasteiger partial charge >= 0.3 is 0 Å². The second-order valence-electron chi connectivity index (χ2n) is 18.8. The number of halogens is 2. The second-order valence-corrected chi connectivity index (χ2v) is 18.8. The number of nitrogens with two attached hydrogens (primary N) is 1. The number of nitrogens with one attached hydrogen (secondary N) is 6. The number of hydrogen-bond donors (Lipinski definition) is 7. The molecule has 3 aromatic carbocycles. The number of carbonyl (C=O) groups excluding carboxylic acids is 5. The number of pyridine rings is 1. The van der Waals surface area contributed by atoms with Crippen molar-refractivity contribution < 1.29 is 47.3 Å². The summed E-state index contributed by atoms with van der Waals surface area (Å²) in [5, 5.41) is 23.7. The van der Waals surface area contributed by atoms with Crippen LogP contribution in [0.4, 0.5) is 15.8 Å². The molecule has 21 heteroatoms. The molecular formula is C57H78ClFN10O9. The van der Waals surface area contributed by atoms with Crippen LogP contribution in [0.15, 0.2) is 90.2 Å². The molecule has 0 saturated carbocycles. The Morgan fingerprint density at radius 3 is 2.21 bits per heavy atom. The molecule has 5 rings (SSSR count). The number of piperidine rings is 1. The molecule has 1 fully saturated rings. The van der Waals surface area contributed by atoms with Gasteiger partial charge in [0.05, 0.1) is 38.6 Å². The van der Waals surface area contributed by atoms with Crippen LogP contribution < -0.4 is 37.1 Å². The number of aldehydes is 1. The number of amidine groups is 2. The predicted octanol–water partition coefficient (Wildman–Crippen LogP) is 7.04. The minimum absolute atomic E-state index is 0. The van der Waals surface area contributed by atoms with Crippen LogP contribution in [0.3, 0.4) is 0 Å². The lowest BCUT2D eigenvalue weighted by molar-refractivity contribution is -0.133. The monoisotopic (exact) mass is 1100 g/mol. The van der Waals surface area contributed by atoms with Gasteiger partial charge in [0.1, 0.15) is 29.7 Å². The Balaban J connectivity index is 0.0000131. The van der Waals surface area contributed by atoms with Crippen molar-refractivity contribution in [3.63, 3.8) is 0 Å². The molecule has 1 atom stereocenters. The summed E-state index contributed by atoms with van der Waals surface area (Å²) in [6.45, 7) is 6.89. The SMILES string of the molecule is CNC(=O)C(CCC=O)N(C=O)Cc1c(C)cccc1NC(=O)CCCCCOCCOCCOCCCCCCOc1ccc(F)c(CNC(=O)c2cccc(NC3(C(N)=NC(=N)c4ccncc4)CCNCC3)c2)c1.Cl. The van der Waals surface area contributed by atoms with E-state index in [1.807, 2.05) is 25.1 Å². The fourth-order valence-electron chi connectivity index (χ4n) is 8.71. The lowest BCUT2D eigenvalue weighted by Gasteiger charge is -2.38. The van der Waals surface area contributed by atoms with E-state index in [-0.39, 0.29) is 67.7 Å². The highest BCUT2D eigenvalue weighted by Gasteiger charge is 2.36. The van der Waals surface area contributed by atoms with Gasteiger partial charge in [0.15, 0.2) is 5.84 Å². The van der Waals surface area contributed by atoms with Crippen LogP contribution in [0.1, 0.15) is 110 Å². The summed E-state index contributed by atoms with van der Waals surface area (Å²) < 4.78 is 37.8. The summed E-state index contributed by atoms with van der Waals surface area (Å²) in [4.78, 5) is 71.5. The first-order valence-corrected chi connectivity index (χ1v) is 26.6. The molecule has 0 aliphatic carbocycles. The molecule has 424 valence electrons. The van der Waals surface area contributed by atoms with Crippen molar-refractivity contribution >= 4 is 65.9 Å². The standard InChI is InChI=1S/C57H77FN10O9.ClH/c1-42-13-10-16-50(48(42)40-68(41-70)51(17-12-29-69)55(73)61-2)65-52(71)18-6-5-8-31-75-34-36-76-35-33-74-30-7-3-4-9-32-77-47-19-20-49(58)45(38-47)39-64-54(72)44-14-11-15-46(37-44)67-57(23-27-63-28-24-57)56(60)66-53(59)43-21-25-62-26-22-43;/h10-11,13-16,19-22,25-26,29,37-38,41,51,63,67H,3-9,12,17-18,23-24,27-28,30-36,39-40H2,1-2H3,(H,61,73)(H,64,72)(H,65,71)(H3,59,60,66);1H. The highest BCUT2D eigenvalue weighted by molar-refractivity contribution is 6.07. The third-order valence-electron chi connectivity index (χ3n) is 13.2. The van der Waals surface area contributed by atoms with Gasteiger partial charge in [0.25, 0.3) is 5.91 Å². The molecule has 1 unspecified atom stereocenters. The zero-order chi connectivity index (χ0) is 55.1. The number of aliphatic imine (C=N–C) groups is 1. The van der Waals surface area contributed by atoms with Gasteiger partial charge in [-0.15, -0.1) is 12.4 Å². The van der Waals surface area contributed by atoms with Gasteiger partial charge in [-0.25, -0.2) is 9.38 Å². The molecule has 0 bridgehead atoms. The van der Waals surface area contributed by atoms with E-state index < -0.39 is 17.4 Å². The highest BCUT2D eigenvalue weighted by atomic mass is 35.5. The fourth-order valence-corrected chi connectivity index (χ4v) is 8.71. The second kappa shape index (κ2) is 35.5. The minimum atomic E-state index is -0.812. The third kappa shape index (κ3) is 21.5. The lowest BCUT2D eigenvalue weighted by Crippen LogP contribution is -2.56. The van der Waals surface area contributed by atoms with Crippen molar-refractivity contribution in [3.05, 3.63) is 119 Å². The molecule has 4 amide bonds. The van der Waals surface area contributed by atoms with Gasteiger partial charge in [0.2, 0.25) is 18.2 Å². The minimum Gasteiger partial charge on any atom is -0.494 e. The summed E-state index contributed by atoms with van der Waals surface area (Å²) in [6.07, 6.45) is 12.4. The summed E-state index contributed by atoms with van der Waals surface area (Å²) in [6, 6.07) is 19.7. The van der Waals surface area contributed by atoms with E-state index >= 15 is 0 Å². The molecular weight excluding hydrogens is 1020 g/mol. The molecule has 8 N–H and O–H groups in total. The van der Waals surface area contributed by atoms with Crippen molar-refractivity contribution in [1.29, 1.82) is 5.41 Å². The Hall–Kier alpha value is -6.84. The number of rotatable bonds is 36. The van der Waals surface area contributed by atoms with Crippen LogP contribution in [0.5, 0.6) is 5.75 Å². The number of amides is 4. The number of hydrogen-bond acceptors (Lipinski definition) is 13. The van der Waals surface area contributed by atoms with Crippen molar-refractivity contribution in [1.82, 2.24) is 25.8 Å². The number of aromatic nitrogens is 1. The molecule has 0 spiro atoms. The third-order valence-corrected chi connectivity index (χ3v) is 13.2. The molecule has 1 aliphatic rings. The molecule has 1 aliphatic heterocycles. The van der Waals surface area contributed by atoms with Gasteiger partial charge in [-0.05, 0) is 137 Å². The number of nitrogens with zero attached hydrogens (tertiary/aromatic N) is 3. The van der Waals surface area contributed by atoms with Crippen LogP contribution in [-0.4, -0.2) is 130 Å². The van der Waals surface area contributed by atoms with Crippen LogP contribution in [0.25, 0.3) is 0 Å². The number of likely N-dealkylation sites (N-methyl/N-ethyl adjacent to an activating group) is 1. The van der Waals surface area contributed by atoms with Crippen LogP contribution in [0.2, 0.25) is 0 Å². The maximum Gasteiger partial charge on any atom is 0.251 e. The van der Waals surface area contributed by atoms with Crippen molar-refractivity contribution in [2.24, 2.45) is 10.7 Å². The van der Waals surface area contributed by atoms with Crippen LogP contribution in [0, 0.1) is 18.2 Å². The van der Waals surface area contributed by atoms with E-state index in [1.165, 1.54) is 18.0 Å². The van der Waals surface area contributed by atoms with Gasteiger partial charge in [-0.1, -0.05) is 31.0 Å². The first-order chi connectivity index (χ1) is 37.5. The van der Waals surface area contributed by atoms with E-state index in [4.69, 9.17) is 30.1 Å². The number of carbonyl (C=O) groups is 5. The average Bonchev–Trinajstić information content (AvgIpc) is 3.46. The largest absolute Gasteiger partial charge is 0.494 e. The molecule has 1 saturated heterocycles.